The Kier molecular flexibility index (Phi) is 3.73. The standard InChI is InChI=1S/C15H16O3S/c1-11-13(10-16)6-4-8-15(11)12-5-3-7-14(9-12)19(2,17)18/h3-9,16H,10H2,1-2H3. The molecule has 3 nitrogen and oxygen atoms in total. The Hall–Kier alpha value is -1.65. The fraction of sp³-hybridized carbons (Fsp3) is 0.200. The highest BCUT2D eigenvalue weighted by atomic mass is 32.2. The van der Waals surface area contributed by atoms with Gasteiger partial charge in [-0.05, 0) is 41.3 Å². The van der Waals surface area contributed by atoms with Crippen molar-refractivity contribution in [2.45, 2.75) is 18.4 Å². The van der Waals surface area contributed by atoms with Crippen LogP contribution in [0.5, 0.6) is 0 Å². The molecule has 0 aliphatic rings. The van der Waals surface area contributed by atoms with Crippen molar-refractivity contribution in [1.82, 2.24) is 0 Å². The number of benzene rings is 2. The molecular weight excluding hydrogens is 260 g/mol. The number of sulfone groups is 1. The van der Waals surface area contributed by atoms with E-state index in [1.54, 1.807) is 18.2 Å². The van der Waals surface area contributed by atoms with E-state index in [4.69, 9.17) is 0 Å². The van der Waals surface area contributed by atoms with Crippen LogP contribution in [0.1, 0.15) is 11.1 Å². The molecule has 0 saturated carbocycles. The average molecular weight is 276 g/mol. The van der Waals surface area contributed by atoms with Gasteiger partial charge in [0, 0.05) is 6.26 Å². The van der Waals surface area contributed by atoms with Gasteiger partial charge >= 0.3 is 0 Å². The summed E-state index contributed by atoms with van der Waals surface area (Å²) in [6.45, 7) is 1.90. The zero-order valence-corrected chi connectivity index (χ0v) is 11.7. The quantitative estimate of drug-likeness (QED) is 0.937. The fourth-order valence-corrected chi connectivity index (χ4v) is 2.73. The second-order valence-corrected chi connectivity index (χ2v) is 6.56. The zero-order chi connectivity index (χ0) is 14.0. The van der Waals surface area contributed by atoms with Crippen LogP contribution in [0.25, 0.3) is 11.1 Å². The molecule has 0 aromatic heterocycles. The Morgan fingerprint density at radius 2 is 1.79 bits per heavy atom. The van der Waals surface area contributed by atoms with Gasteiger partial charge in [0.15, 0.2) is 9.84 Å². The molecule has 0 unspecified atom stereocenters. The van der Waals surface area contributed by atoms with Crippen LogP contribution in [0.3, 0.4) is 0 Å². The molecule has 0 saturated heterocycles. The molecule has 2 rings (SSSR count). The van der Waals surface area contributed by atoms with Crippen LogP contribution < -0.4 is 0 Å². The second-order valence-electron chi connectivity index (χ2n) is 4.55. The van der Waals surface area contributed by atoms with E-state index < -0.39 is 9.84 Å². The lowest BCUT2D eigenvalue weighted by Gasteiger charge is -2.10. The predicted molar refractivity (Wildman–Crippen MR) is 75.6 cm³/mol. The van der Waals surface area contributed by atoms with Crippen molar-refractivity contribution in [2.75, 3.05) is 6.26 Å². The van der Waals surface area contributed by atoms with Gasteiger partial charge in [0.25, 0.3) is 0 Å². The Balaban J connectivity index is 2.60. The maximum absolute atomic E-state index is 11.6. The predicted octanol–water partition coefficient (Wildman–Crippen LogP) is 2.56. The minimum absolute atomic E-state index is 0.0224. The molecule has 1 N–H and O–H groups in total. The third-order valence-corrected chi connectivity index (χ3v) is 4.30. The van der Waals surface area contributed by atoms with Crippen molar-refractivity contribution in [1.29, 1.82) is 0 Å². The molecule has 19 heavy (non-hydrogen) atoms. The Bertz CT molecular complexity index is 703. The number of aliphatic hydroxyl groups is 1. The molecule has 2 aromatic carbocycles. The van der Waals surface area contributed by atoms with Crippen LogP contribution in [0.15, 0.2) is 47.4 Å². The van der Waals surface area contributed by atoms with Crippen molar-refractivity contribution >= 4 is 9.84 Å². The summed E-state index contributed by atoms with van der Waals surface area (Å²) in [5.41, 5.74) is 3.60. The number of rotatable bonds is 3. The van der Waals surface area contributed by atoms with Gasteiger partial charge in [0.05, 0.1) is 11.5 Å². The van der Waals surface area contributed by atoms with Gasteiger partial charge in [-0.15, -0.1) is 0 Å². The van der Waals surface area contributed by atoms with Crippen molar-refractivity contribution in [3.63, 3.8) is 0 Å². The molecule has 0 amide bonds. The van der Waals surface area contributed by atoms with E-state index in [9.17, 15) is 13.5 Å². The second kappa shape index (κ2) is 5.15. The van der Waals surface area contributed by atoms with Gasteiger partial charge in [-0.3, -0.25) is 0 Å². The highest BCUT2D eigenvalue weighted by molar-refractivity contribution is 7.90. The number of aliphatic hydroxyl groups excluding tert-OH is 1. The first-order chi connectivity index (χ1) is 8.93. The maximum Gasteiger partial charge on any atom is 0.175 e. The van der Waals surface area contributed by atoms with E-state index in [1.165, 1.54) is 6.26 Å². The first-order valence-electron chi connectivity index (χ1n) is 5.93. The molecule has 0 fully saturated rings. The van der Waals surface area contributed by atoms with Crippen LogP contribution in [0.4, 0.5) is 0 Å². The van der Waals surface area contributed by atoms with Crippen LogP contribution in [0.2, 0.25) is 0 Å². The third-order valence-electron chi connectivity index (χ3n) is 3.19. The van der Waals surface area contributed by atoms with Gasteiger partial charge in [0.1, 0.15) is 0 Å². The maximum atomic E-state index is 11.6. The summed E-state index contributed by atoms with van der Waals surface area (Å²) >= 11 is 0. The molecule has 2 aromatic rings. The van der Waals surface area contributed by atoms with E-state index in [1.807, 2.05) is 31.2 Å². The van der Waals surface area contributed by atoms with Crippen LogP contribution in [-0.4, -0.2) is 19.8 Å². The van der Waals surface area contributed by atoms with E-state index in [0.29, 0.717) is 4.90 Å². The van der Waals surface area contributed by atoms with Crippen molar-refractivity contribution in [3.05, 3.63) is 53.6 Å². The minimum Gasteiger partial charge on any atom is -0.392 e. The van der Waals surface area contributed by atoms with Gasteiger partial charge in [-0.1, -0.05) is 30.3 Å². The summed E-state index contributed by atoms with van der Waals surface area (Å²) in [7, 11) is -3.21. The smallest absolute Gasteiger partial charge is 0.175 e. The van der Waals surface area contributed by atoms with E-state index >= 15 is 0 Å². The molecule has 0 spiro atoms. The molecule has 0 radical (unpaired) electrons. The molecule has 0 aliphatic heterocycles. The Labute approximate surface area is 113 Å². The van der Waals surface area contributed by atoms with Gasteiger partial charge in [0.2, 0.25) is 0 Å². The van der Waals surface area contributed by atoms with Crippen LogP contribution in [0, 0.1) is 6.92 Å². The van der Waals surface area contributed by atoms with E-state index in [-0.39, 0.29) is 6.61 Å². The number of hydrogen-bond acceptors (Lipinski definition) is 3. The highest BCUT2D eigenvalue weighted by Crippen LogP contribution is 2.27. The van der Waals surface area contributed by atoms with Crippen molar-refractivity contribution in [2.24, 2.45) is 0 Å². The topological polar surface area (TPSA) is 54.4 Å². The molecule has 4 heteroatoms. The van der Waals surface area contributed by atoms with E-state index in [0.717, 1.165) is 22.3 Å². The number of hydrogen-bond donors (Lipinski definition) is 1. The Morgan fingerprint density at radius 1 is 1.11 bits per heavy atom. The normalized spacial score (nSPS) is 11.5. The van der Waals surface area contributed by atoms with Gasteiger partial charge in [-0.2, -0.15) is 0 Å². The summed E-state index contributed by atoms with van der Waals surface area (Å²) in [5, 5.41) is 9.28. The molecule has 0 heterocycles. The molecule has 0 atom stereocenters. The lowest BCUT2D eigenvalue weighted by Crippen LogP contribution is -1.97. The largest absolute Gasteiger partial charge is 0.392 e. The lowest BCUT2D eigenvalue weighted by molar-refractivity contribution is 0.281. The highest BCUT2D eigenvalue weighted by Gasteiger charge is 2.10. The third kappa shape index (κ3) is 2.85. The zero-order valence-electron chi connectivity index (χ0n) is 10.9. The van der Waals surface area contributed by atoms with Crippen LogP contribution in [-0.2, 0) is 16.4 Å². The SMILES string of the molecule is Cc1c(CO)cccc1-c1cccc(S(C)(=O)=O)c1. The minimum atomic E-state index is -3.21. The van der Waals surface area contributed by atoms with Crippen molar-refractivity contribution in [3.8, 4) is 11.1 Å². The molecular formula is C15H16O3S. The van der Waals surface area contributed by atoms with Gasteiger partial charge in [-0.25, -0.2) is 8.42 Å². The summed E-state index contributed by atoms with van der Waals surface area (Å²) in [6, 6.07) is 12.5. The summed E-state index contributed by atoms with van der Waals surface area (Å²) in [5.74, 6) is 0. The first-order valence-corrected chi connectivity index (χ1v) is 7.82. The summed E-state index contributed by atoms with van der Waals surface area (Å²) < 4.78 is 23.2. The van der Waals surface area contributed by atoms with Crippen LogP contribution >= 0.6 is 0 Å². The van der Waals surface area contributed by atoms with Gasteiger partial charge < -0.3 is 5.11 Å². The molecule has 0 aliphatic carbocycles. The van der Waals surface area contributed by atoms with E-state index in [2.05, 4.69) is 0 Å². The Morgan fingerprint density at radius 3 is 2.42 bits per heavy atom. The summed E-state index contributed by atoms with van der Waals surface area (Å²) in [4.78, 5) is 0.304. The molecule has 100 valence electrons. The molecule has 0 bridgehead atoms. The fourth-order valence-electron chi connectivity index (χ4n) is 2.06. The lowest BCUT2D eigenvalue weighted by atomic mass is 9.97. The summed E-state index contributed by atoms with van der Waals surface area (Å²) in [6.07, 6.45) is 1.20. The first kappa shape index (κ1) is 13.8. The average Bonchev–Trinajstić information content (AvgIpc) is 2.38. The van der Waals surface area contributed by atoms with Crippen molar-refractivity contribution < 1.29 is 13.5 Å². The monoisotopic (exact) mass is 276 g/mol.